The largest absolute Gasteiger partial charge is 0.488 e. The van der Waals surface area contributed by atoms with Crippen molar-refractivity contribution < 1.29 is 4.74 Å². The van der Waals surface area contributed by atoms with Gasteiger partial charge in [-0.3, -0.25) is 0 Å². The number of fused-ring (bicyclic) bond motifs is 1. The summed E-state index contributed by atoms with van der Waals surface area (Å²) in [6, 6.07) is 4.30. The normalized spacial score (nSPS) is 20.8. The summed E-state index contributed by atoms with van der Waals surface area (Å²) in [4.78, 5) is 6.59. The lowest BCUT2D eigenvalue weighted by Crippen LogP contribution is -2.41. The fraction of sp³-hybridized carbons (Fsp3) is 0.500. The van der Waals surface area contributed by atoms with Crippen molar-refractivity contribution in [3.05, 3.63) is 18.3 Å². The highest BCUT2D eigenvalue weighted by atomic mass is 16.5. The molecule has 1 atom stereocenters. The van der Waals surface area contributed by atoms with E-state index in [9.17, 15) is 0 Å². The zero-order valence-corrected chi connectivity index (χ0v) is 8.03. The molecule has 0 saturated carbocycles. The number of rotatable bonds is 1. The minimum atomic E-state index is 0.424. The highest BCUT2D eigenvalue weighted by molar-refractivity contribution is 5.54. The first-order valence-corrected chi connectivity index (χ1v) is 4.67. The standard InChI is InChI=1S/C10H14N2O/c1-3-12-8(2)7-13-9-5-4-6-11-10(9)12/h4-6,8H,3,7H2,1-2H3. The molecule has 1 unspecified atom stereocenters. The van der Waals surface area contributed by atoms with Crippen LogP contribution in [0.2, 0.25) is 0 Å². The third-order valence-corrected chi connectivity index (χ3v) is 2.38. The molecule has 70 valence electrons. The molecule has 13 heavy (non-hydrogen) atoms. The van der Waals surface area contributed by atoms with Crippen molar-refractivity contribution in [2.75, 3.05) is 18.1 Å². The fourth-order valence-corrected chi connectivity index (χ4v) is 1.68. The summed E-state index contributed by atoms with van der Waals surface area (Å²) in [5, 5.41) is 0. The lowest BCUT2D eigenvalue weighted by molar-refractivity contribution is 0.268. The van der Waals surface area contributed by atoms with E-state index in [4.69, 9.17) is 4.74 Å². The summed E-state index contributed by atoms with van der Waals surface area (Å²) in [6.07, 6.45) is 1.81. The van der Waals surface area contributed by atoms with E-state index in [1.165, 1.54) is 0 Å². The molecule has 0 bridgehead atoms. The molecule has 3 heteroatoms. The van der Waals surface area contributed by atoms with Gasteiger partial charge in [-0.1, -0.05) is 0 Å². The van der Waals surface area contributed by atoms with Crippen LogP contribution in [0.1, 0.15) is 13.8 Å². The van der Waals surface area contributed by atoms with Gasteiger partial charge in [0.2, 0.25) is 0 Å². The van der Waals surface area contributed by atoms with E-state index in [0.717, 1.165) is 24.7 Å². The second kappa shape index (κ2) is 3.24. The summed E-state index contributed by atoms with van der Waals surface area (Å²) in [6.45, 7) is 6.03. The van der Waals surface area contributed by atoms with Crippen LogP contribution in [-0.4, -0.2) is 24.2 Å². The van der Waals surface area contributed by atoms with Crippen LogP contribution in [0.4, 0.5) is 5.82 Å². The molecule has 2 heterocycles. The van der Waals surface area contributed by atoms with E-state index in [2.05, 4.69) is 23.7 Å². The molecule has 1 aliphatic rings. The predicted molar refractivity (Wildman–Crippen MR) is 52.2 cm³/mol. The molecular formula is C10H14N2O. The number of nitrogens with zero attached hydrogens (tertiary/aromatic N) is 2. The number of ether oxygens (including phenoxy) is 1. The average molecular weight is 178 g/mol. The van der Waals surface area contributed by atoms with Crippen LogP contribution in [0.5, 0.6) is 5.75 Å². The maximum Gasteiger partial charge on any atom is 0.171 e. The monoisotopic (exact) mass is 178 g/mol. The van der Waals surface area contributed by atoms with Crippen LogP contribution < -0.4 is 9.64 Å². The molecule has 0 radical (unpaired) electrons. The molecule has 0 N–H and O–H groups in total. The number of pyridine rings is 1. The summed E-state index contributed by atoms with van der Waals surface area (Å²) in [5.41, 5.74) is 0. The van der Waals surface area contributed by atoms with E-state index in [1.54, 1.807) is 0 Å². The quantitative estimate of drug-likeness (QED) is 0.654. The fourth-order valence-electron chi connectivity index (χ4n) is 1.68. The molecule has 0 saturated heterocycles. The average Bonchev–Trinajstić information content (AvgIpc) is 2.18. The lowest BCUT2D eigenvalue weighted by atomic mass is 10.2. The van der Waals surface area contributed by atoms with Gasteiger partial charge in [0.1, 0.15) is 6.61 Å². The Hall–Kier alpha value is -1.25. The van der Waals surface area contributed by atoms with Gasteiger partial charge in [0.05, 0.1) is 6.04 Å². The maximum absolute atomic E-state index is 5.56. The number of aromatic nitrogens is 1. The van der Waals surface area contributed by atoms with Gasteiger partial charge in [0.25, 0.3) is 0 Å². The Kier molecular flexibility index (Phi) is 2.08. The van der Waals surface area contributed by atoms with Crippen molar-refractivity contribution in [2.45, 2.75) is 19.9 Å². The topological polar surface area (TPSA) is 25.4 Å². The van der Waals surface area contributed by atoms with Gasteiger partial charge in [-0.25, -0.2) is 4.98 Å². The van der Waals surface area contributed by atoms with Gasteiger partial charge in [0, 0.05) is 12.7 Å². The van der Waals surface area contributed by atoms with Crippen LogP contribution in [-0.2, 0) is 0 Å². The minimum Gasteiger partial charge on any atom is -0.488 e. The Morgan fingerprint density at radius 2 is 2.54 bits per heavy atom. The molecule has 0 fully saturated rings. The molecule has 1 aromatic heterocycles. The summed E-state index contributed by atoms with van der Waals surface area (Å²) >= 11 is 0. The van der Waals surface area contributed by atoms with E-state index in [-0.39, 0.29) is 0 Å². The molecule has 3 nitrogen and oxygen atoms in total. The first-order valence-electron chi connectivity index (χ1n) is 4.67. The first kappa shape index (κ1) is 8.35. The molecule has 0 aliphatic carbocycles. The molecule has 2 rings (SSSR count). The Balaban J connectivity index is 2.39. The SMILES string of the molecule is CCN1c2ncccc2OCC1C. The third kappa shape index (κ3) is 1.34. The van der Waals surface area contributed by atoms with Crippen LogP contribution in [0.3, 0.4) is 0 Å². The van der Waals surface area contributed by atoms with E-state index in [1.807, 2.05) is 18.3 Å². The number of hydrogen-bond acceptors (Lipinski definition) is 3. The van der Waals surface area contributed by atoms with Crippen LogP contribution >= 0.6 is 0 Å². The molecule has 1 aliphatic heterocycles. The summed E-state index contributed by atoms with van der Waals surface area (Å²) in [7, 11) is 0. The van der Waals surface area contributed by atoms with E-state index in [0.29, 0.717) is 6.04 Å². The van der Waals surface area contributed by atoms with Crippen molar-refractivity contribution in [2.24, 2.45) is 0 Å². The van der Waals surface area contributed by atoms with Crippen molar-refractivity contribution in [3.8, 4) is 5.75 Å². The molecular weight excluding hydrogens is 164 g/mol. The van der Waals surface area contributed by atoms with Crippen molar-refractivity contribution in [3.63, 3.8) is 0 Å². The van der Waals surface area contributed by atoms with Crippen molar-refractivity contribution in [1.82, 2.24) is 4.98 Å². The molecule has 0 amide bonds. The highest BCUT2D eigenvalue weighted by Crippen LogP contribution is 2.30. The first-order chi connectivity index (χ1) is 6.33. The van der Waals surface area contributed by atoms with Crippen LogP contribution in [0.25, 0.3) is 0 Å². The Labute approximate surface area is 78.3 Å². The van der Waals surface area contributed by atoms with Gasteiger partial charge in [-0.05, 0) is 26.0 Å². The number of hydrogen-bond donors (Lipinski definition) is 0. The predicted octanol–water partition coefficient (Wildman–Crippen LogP) is 1.69. The Morgan fingerprint density at radius 1 is 1.69 bits per heavy atom. The van der Waals surface area contributed by atoms with Crippen LogP contribution in [0, 0.1) is 0 Å². The van der Waals surface area contributed by atoms with Gasteiger partial charge in [0.15, 0.2) is 11.6 Å². The van der Waals surface area contributed by atoms with Crippen molar-refractivity contribution >= 4 is 5.82 Å². The number of likely N-dealkylation sites (N-methyl/N-ethyl adjacent to an activating group) is 1. The van der Waals surface area contributed by atoms with E-state index < -0.39 is 0 Å². The highest BCUT2D eigenvalue weighted by Gasteiger charge is 2.23. The van der Waals surface area contributed by atoms with Gasteiger partial charge >= 0.3 is 0 Å². The summed E-state index contributed by atoms with van der Waals surface area (Å²) < 4.78 is 5.56. The second-order valence-electron chi connectivity index (χ2n) is 3.27. The molecule has 0 spiro atoms. The van der Waals surface area contributed by atoms with Gasteiger partial charge in [-0.2, -0.15) is 0 Å². The third-order valence-electron chi connectivity index (χ3n) is 2.38. The van der Waals surface area contributed by atoms with Crippen LogP contribution in [0.15, 0.2) is 18.3 Å². The zero-order chi connectivity index (χ0) is 9.26. The molecule has 0 aromatic carbocycles. The minimum absolute atomic E-state index is 0.424. The molecule has 1 aromatic rings. The van der Waals surface area contributed by atoms with E-state index >= 15 is 0 Å². The summed E-state index contributed by atoms with van der Waals surface area (Å²) in [5.74, 6) is 1.88. The smallest absolute Gasteiger partial charge is 0.171 e. The Bertz CT molecular complexity index is 301. The maximum atomic E-state index is 5.56. The van der Waals surface area contributed by atoms with Crippen molar-refractivity contribution in [1.29, 1.82) is 0 Å². The number of anilines is 1. The second-order valence-corrected chi connectivity index (χ2v) is 3.27. The van der Waals surface area contributed by atoms with Gasteiger partial charge in [-0.15, -0.1) is 0 Å². The zero-order valence-electron chi connectivity index (χ0n) is 8.03. The Morgan fingerprint density at radius 3 is 3.31 bits per heavy atom. The van der Waals surface area contributed by atoms with Gasteiger partial charge < -0.3 is 9.64 Å². The lowest BCUT2D eigenvalue weighted by Gasteiger charge is -2.34.